The monoisotopic (exact) mass is 216 g/mol. The van der Waals surface area contributed by atoms with E-state index in [1.54, 1.807) is 0 Å². The van der Waals surface area contributed by atoms with Crippen molar-refractivity contribution in [3.05, 3.63) is 23.9 Å². The Hall–Kier alpha value is -2.04. The Bertz CT molecular complexity index is 558. The second-order valence-corrected chi connectivity index (χ2v) is 3.76. The van der Waals surface area contributed by atoms with Crippen LogP contribution in [0, 0.1) is 0 Å². The number of allylic oxidation sites excluding steroid dienone is 1. The van der Waals surface area contributed by atoms with Crippen LogP contribution in [-0.4, -0.2) is 21.8 Å². The summed E-state index contributed by atoms with van der Waals surface area (Å²) in [6, 6.07) is 3.82. The van der Waals surface area contributed by atoms with E-state index in [-0.39, 0.29) is 0 Å². The molecule has 0 radical (unpaired) electrons. The molecule has 0 fully saturated rings. The number of aromatic amines is 1. The molecule has 0 aromatic carbocycles. The van der Waals surface area contributed by atoms with Gasteiger partial charge in [-0.15, -0.1) is 0 Å². The summed E-state index contributed by atoms with van der Waals surface area (Å²) in [6.45, 7) is 0.761. The number of anilines is 1. The minimum absolute atomic E-state index is 0.479. The van der Waals surface area contributed by atoms with Gasteiger partial charge >= 0.3 is 0 Å². The normalized spacial score (nSPS) is 15.9. The van der Waals surface area contributed by atoms with Crippen LogP contribution in [0.4, 0.5) is 5.82 Å². The summed E-state index contributed by atoms with van der Waals surface area (Å²) in [7, 11) is 0. The summed E-state index contributed by atoms with van der Waals surface area (Å²) in [5, 5.41) is 7.56. The van der Waals surface area contributed by atoms with Gasteiger partial charge in [0.1, 0.15) is 11.5 Å². The standard InChI is InChI=1S/C11H12N4O/c12-10-7-4-5-8(13-11(7)15-14-10)9-3-1-2-6-16-9/h3-5H,1-2,6H2,(H3,12,13,14,15). The van der Waals surface area contributed by atoms with Gasteiger partial charge in [-0.1, -0.05) is 0 Å². The number of ether oxygens (including phenoxy) is 1. The maximum atomic E-state index is 5.68. The van der Waals surface area contributed by atoms with E-state index in [9.17, 15) is 0 Å². The Morgan fingerprint density at radius 2 is 2.31 bits per heavy atom. The van der Waals surface area contributed by atoms with Crippen molar-refractivity contribution in [1.29, 1.82) is 0 Å². The first-order valence-electron chi connectivity index (χ1n) is 5.28. The predicted molar refractivity (Wildman–Crippen MR) is 61.5 cm³/mol. The van der Waals surface area contributed by atoms with E-state index in [1.165, 1.54) is 0 Å². The van der Waals surface area contributed by atoms with E-state index in [1.807, 2.05) is 12.1 Å². The molecule has 0 spiro atoms. The van der Waals surface area contributed by atoms with Crippen molar-refractivity contribution in [2.24, 2.45) is 0 Å². The van der Waals surface area contributed by atoms with Gasteiger partial charge in [-0.3, -0.25) is 5.10 Å². The average Bonchev–Trinajstić information content (AvgIpc) is 2.72. The van der Waals surface area contributed by atoms with Crippen molar-refractivity contribution >= 4 is 22.6 Å². The lowest BCUT2D eigenvalue weighted by Crippen LogP contribution is -2.02. The maximum absolute atomic E-state index is 5.68. The SMILES string of the molecule is Nc1n[nH]c2nc(C3=CCCCO3)ccc12. The number of aromatic nitrogens is 3. The number of nitrogen functional groups attached to an aromatic ring is 1. The second kappa shape index (κ2) is 3.52. The summed E-state index contributed by atoms with van der Waals surface area (Å²) in [5.41, 5.74) is 7.21. The highest BCUT2D eigenvalue weighted by atomic mass is 16.5. The molecule has 3 N–H and O–H groups in total. The van der Waals surface area contributed by atoms with E-state index in [0.717, 1.165) is 36.3 Å². The van der Waals surface area contributed by atoms with E-state index in [0.29, 0.717) is 11.5 Å². The van der Waals surface area contributed by atoms with Gasteiger partial charge in [0.2, 0.25) is 0 Å². The maximum Gasteiger partial charge on any atom is 0.158 e. The molecule has 0 unspecified atom stereocenters. The average molecular weight is 216 g/mol. The van der Waals surface area contributed by atoms with E-state index >= 15 is 0 Å². The second-order valence-electron chi connectivity index (χ2n) is 3.76. The fourth-order valence-corrected chi connectivity index (χ4v) is 1.80. The van der Waals surface area contributed by atoms with Crippen LogP contribution in [0.2, 0.25) is 0 Å². The molecule has 16 heavy (non-hydrogen) atoms. The summed E-state index contributed by atoms with van der Waals surface area (Å²) < 4.78 is 5.55. The van der Waals surface area contributed by atoms with Gasteiger partial charge in [0.25, 0.3) is 0 Å². The molecule has 2 aromatic heterocycles. The molecule has 1 aliphatic rings. The zero-order valence-electron chi connectivity index (χ0n) is 8.73. The van der Waals surface area contributed by atoms with Gasteiger partial charge in [-0.2, -0.15) is 5.10 Å². The smallest absolute Gasteiger partial charge is 0.158 e. The minimum atomic E-state index is 0.479. The first-order valence-corrected chi connectivity index (χ1v) is 5.28. The molecule has 1 aliphatic heterocycles. The van der Waals surface area contributed by atoms with Gasteiger partial charge < -0.3 is 10.5 Å². The van der Waals surface area contributed by atoms with Gasteiger partial charge in [-0.05, 0) is 31.1 Å². The van der Waals surface area contributed by atoms with Gasteiger partial charge in [-0.25, -0.2) is 4.98 Å². The lowest BCUT2D eigenvalue weighted by Gasteiger charge is -2.13. The Labute approximate surface area is 92.3 Å². The van der Waals surface area contributed by atoms with E-state index < -0.39 is 0 Å². The van der Waals surface area contributed by atoms with Crippen LogP contribution in [0.3, 0.4) is 0 Å². The molecule has 5 nitrogen and oxygen atoms in total. The molecule has 5 heteroatoms. The fraction of sp³-hybridized carbons (Fsp3) is 0.273. The molecule has 0 saturated carbocycles. The molecule has 2 aromatic rings. The van der Waals surface area contributed by atoms with Crippen molar-refractivity contribution in [3.8, 4) is 0 Å². The van der Waals surface area contributed by atoms with Gasteiger partial charge in [0, 0.05) is 0 Å². The lowest BCUT2D eigenvalue weighted by molar-refractivity contribution is 0.257. The minimum Gasteiger partial charge on any atom is -0.492 e. The molecular formula is C11H12N4O. The summed E-state index contributed by atoms with van der Waals surface area (Å²) in [4.78, 5) is 4.43. The van der Waals surface area contributed by atoms with Crippen molar-refractivity contribution in [1.82, 2.24) is 15.2 Å². The largest absolute Gasteiger partial charge is 0.492 e. The number of H-pyrrole nitrogens is 1. The number of nitrogens with two attached hydrogens (primary N) is 1. The van der Waals surface area contributed by atoms with Crippen LogP contribution in [0.15, 0.2) is 18.2 Å². The Kier molecular flexibility index (Phi) is 2.02. The number of fused-ring (bicyclic) bond motifs is 1. The zero-order chi connectivity index (χ0) is 11.0. The van der Waals surface area contributed by atoms with Crippen molar-refractivity contribution in [3.63, 3.8) is 0 Å². The molecular weight excluding hydrogens is 204 g/mol. The fourth-order valence-electron chi connectivity index (χ4n) is 1.80. The van der Waals surface area contributed by atoms with Gasteiger partial charge in [0.05, 0.1) is 12.0 Å². The molecule has 82 valence electrons. The predicted octanol–water partition coefficient (Wildman–Crippen LogP) is 1.69. The number of rotatable bonds is 1. The van der Waals surface area contributed by atoms with E-state index in [4.69, 9.17) is 10.5 Å². The summed E-state index contributed by atoms with van der Waals surface area (Å²) in [5.74, 6) is 1.33. The summed E-state index contributed by atoms with van der Waals surface area (Å²) >= 11 is 0. The van der Waals surface area contributed by atoms with Crippen LogP contribution in [-0.2, 0) is 4.74 Å². The Morgan fingerprint density at radius 3 is 3.12 bits per heavy atom. The number of nitrogens with one attached hydrogen (secondary N) is 1. The quantitative estimate of drug-likeness (QED) is 0.760. The third-order valence-electron chi connectivity index (χ3n) is 2.64. The molecule has 0 bridgehead atoms. The van der Waals surface area contributed by atoms with E-state index in [2.05, 4.69) is 21.3 Å². The van der Waals surface area contributed by atoms with Crippen LogP contribution < -0.4 is 5.73 Å². The number of nitrogens with zero attached hydrogens (tertiary/aromatic N) is 2. The molecule has 0 amide bonds. The number of pyridine rings is 1. The van der Waals surface area contributed by atoms with Gasteiger partial charge in [0.15, 0.2) is 11.5 Å². The number of hydrogen-bond acceptors (Lipinski definition) is 4. The Balaban J connectivity index is 2.07. The third kappa shape index (κ3) is 1.41. The summed E-state index contributed by atoms with van der Waals surface area (Å²) in [6.07, 6.45) is 4.18. The van der Waals surface area contributed by atoms with Crippen LogP contribution >= 0.6 is 0 Å². The van der Waals surface area contributed by atoms with Crippen LogP contribution in [0.5, 0.6) is 0 Å². The van der Waals surface area contributed by atoms with Crippen molar-refractivity contribution in [2.45, 2.75) is 12.8 Å². The highest BCUT2D eigenvalue weighted by Gasteiger charge is 2.11. The highest BCUT2D eigenvalue weighted by molar-refractivity contribution is 5.86. The van der Waals surface area contributed by atoms with Crippen LogP contribution in [0.1, 0.15) is 18.5 Å². The first kappa shape index (κ1) is 9.21. The topological polar surface area (TPSA) is 76.8 Å². The lowest BCUT2D eigenvalue weighted by atomic mass is 10.2. The zero-order valence-corrected chi connectivity index (χ0v) is 8.73. The number of hydrogen-bond donors (Lipinski definition) is 2. The van der Waals surface area contributed by atoms with Crippen molar-refractivity contribution < 1.29 is 4.74 Å². The highest BCUT2D eigenvalue weighted by Crippen LogP contribution is 2.23. The van der Waals surface area contributed by atoms with Crippen LogP contribution in [0.25, 0.3) is 16.8 Å². The molecule has 3 heterocycles. The molecule has 3 rings (SSSR count). The molecule has 0 aliphatic carbocycles. The Morgan fingerprint density at radius 1 is 1.38 bits per heavy atom. The van der Waals surface area contributed by atoms with Crippen molar-refractivity contribution in [2.75, 3.05) is 12.3 Å². The molecule has 0 atom stereocenters. The first-order chi connectivity index (χ1) is 7.84. The third-order valence-corrected chi connectivity index (χ3v) is 2.64. The molecule has 0 saturated heterocycles.